The summed E-state index contributed by atoms with van der Waals surface area (Å²) >= 11 is 6.22. The average molecular weight is 446 g/mol. The largest absolute Gasteiger partial charge is 0.364 e. The molecule has 0 fully saturated rings. The fourth-order valence-corrected chi connectivity index (χ4v) is 5.18. The van der Waals surface area contributed by atoms with E-state index in [2.05, 4.69) is 20.2 Å². The Bertz CT molecular complexity index is 1370. The van der Waals surface area contributed by atoms with Crippen molar-refractivity contribution in [3.05, 3.63) is 70.5 Å². The van der Waals surface area contributed by atoms with Crippen molar-refractivity contribution in [1.29, 1.82) is 0 Å². The molecule has 0 amide bonds. The topological polar surface area (TPSA) is 104 Å². The second-order valence-corrected chi connectivity index (χ2v) is 9.27. The normalized spacial score (nSPS) is 14.7. The van der Waals surface area contributed by atoms with Crippen molar-refractivity contribution in [3.8, 4) is 22.9 Å². The van der Waals surface area contributed by atoms with E-state index in [-0.39, 0.29) is 34.8 Å². The number of nitrogens with zero attached hydrogens (tertiary/aromatic N) is 5. The van der Waals surface area contributed by atoms with Crippen LogP contribution in [0.25, 0.3) is 22.9 Å². The molecule has 0 aliphatic carbocycles. The Morgan fingerprint density at radius 3 is 2.73 bits per heavy atom. The predicted molar refractivity (Wildman–Crippen MR) is 106 cm³/mol. The number of fused-ring (bicyclic) bond motifs is 1. The van der Waals surface area contributed by atoms with Gasteiger partial charge in [-0.2, -0.15) is 5.10 Å². The van der Waals surface area contributed by atoms with Gasteiger partial charge in [-0.3, -0.25) is 4.68 Å². The van der Waals surface area contributed by atoms with Gasteiger partial charge in [0.25, 0.3) is 0 Å². The van der Waals surface area contributed by atoms with Crippen molar-refractivity contribution in [3.63, 3.8) is 0 Å². The zero-order chi connectivity index (χ0) is 20.9. The second-order valence-electron chi connectivity index (χ2n) is 6.84. The van der Waals surface area contributed by atoms with E-state index in [4.69, 9.17) is 16.1 Å². The van der Waals surface area contributed by atoms with Crippen molar-refractivity contribution in [1.82, 2.24) is 24.9 Å². The highest BCUT2D eigenvalue weighted by atomic mass is 35.5. The van der Waals surface area contributed by atoms with E-state index in [0.29, 0.717) is 33.9 Å². The average Bonchev–Trinajstić information content (AvgIpc) is 3.41. The molecule has 30 heavy (non-hydrogen) atoms. The SMILES string of the molecule is O=S1(=O)Cc2nc(-c3cc(-c4ccon4)n(Cc4ccccc4F)n3)nc(Cl)c2C1. The van der Waals surface area contributed by atoms with Gasteiger partial charge >= 0.3 is 0 Å². The van der Waals surface area contributed by atoms with Gasteiger partial charge in [-0.25, -0.2) is 22.8 Å². The zero-order valence-corrected chi connectivity index (χ0v) is 16.9. The Morgan fingerprint density at radius 1 is 1.13 bits per heavy atom. The van der Waals surface area contributed by atoms with Gasteiger partial charge < -0.3 is 4.52 Å². The standard InChI is InChI=1S/C19H13ClFN5O3S/c20-18-12-9-30(27,28)10-16(12)22-19(23-18)15-7-17(14-5-6-29-25-14)26(24-15)8-11-3-1-2-4-13(11)21/h1-7H,8-10H2. The summed E-state index contributed by atoms with van der Waals surface area (Å²) in [5.74, 6) is -0.535. The summed E-state index contributed by atoms with van der Waals surface area (Å²) in [4.78, 5) is 8.61. The summed E-state index contributed by atoms with van der Waals surface area (Å²) in [7, 11) is -3.29. The van der Waals surface area contributed by atoms with Crippen LogP contribution in [0.2, 0.25) is 5.15 Å². The highest BCUT2D eigenvalue weighted by molar-refractivity contribution is 7.90. The van der Waals surface area contributed by atoms with Crippen molar-refractivity contribution >= 4 is 21.4 Å². The maximum absolute atomic E-state index is 14.2. The molecule has 0 spiro atoms. The minimum absolute atomic E-state index is 0.0858. The molecule has 0 atom stereocenters. The van der Waals surface area contributed by atoms with Gasteiger partial charge in [0.05, 0.1) is 29.4 Å². The van der Waals surface area contributed by atoms with Gasteiger partial charge in [-0.05, 0) is 12.1 Å². The quantitative estimate of drug-likeness (QED) is 0.444. The molecule has 0 saturated carbocycles. The maximum atomic E-state index is 14.2. The first-order valence-electron chi connectivity index (χ1n) is 8.88. The molecule has 1 aliphatic heterocycles. The highest BCUT2D eigenvalue weighted by Gasteiger charge is 2.30. The summed E-state index contributed by atoms with van der Waals surface area (Å²) in [5.41, 5.74) is 2.66. The van der Waals surface area contributed by atoms with E-state index in [1.165, 1.54) is 12.3 Å². The third-order valence-corrected chi connectivity index (χ3v) is 6.50. The third-order valence-electron chi connectivity index (χ3n) is 4.75. The molecular formula is C19H13ClFN5O3S. The Labute approximate surface area is 175 Å². The summed E-state index contributed by atoms with van der Waals surface area (Å²) in [6.07, 6.45) is 1.42. The van der Waals surface area contributed by atoms with Gasteiger partial charge in [-0.1, -0.05) is 35.0 Å². The molecule has 8 nitrogen and oxygen atoms in total. The van der Waals surface area contributed by atoms with Gasteiger partial charge in [0.2, 0.25) is 0 Å². The van der Waals surface area contributed by atoms with Crippen LogP contribution < -0.4 is 0 Å². The first-order valence-corrected chi connectivity index (χ1v) is 11.1. The molecule has 5 rings (SSSR count). The molecule has 1 aromatic carbocycles. The molecule has 0 radical (unpaired) electrons. The van der Waals surface area contributed by atoms with Gasteiger partial charge in [0.1, 0.15) is 28.6 Å². The van der Waals surface area contributed by atoms with Crippen molar-refractivity contribution in [2.24, 2.45) is 0 Å². The molecule has 11 heteroatoms. The lowest BCUT2D eigenvalue weighted by Gasteiger charge is -2.06. The molecule has 1 aliphatic rings. The van der Waals surface area contributed by atoms with E-state index in [1.54, 1.807) is 35.0 Å². The molecule has 4 heterocycles. The molecule has 0 unspecified atom stereocenters. The van der Waals surface area contributed by atoms with Crippen LogP contribution in [-0.2, 0) is 27.9 Å². The lowest BCUT2D eigenvalue weighted by molar-refractivity contribution is 0.421. The Hall–Kier alpha value is -3.11. The predicted octanol–water partition coefficient (Wildman–Crippen LogP) is 3.26. The molecule has 3 aromatic heterocycles. The number of hydrogen-bond acceptors (Lipinski definition) is 7. The van der Waals surface area contributed by atoms with Crippen LogP contribution in [0.15, 0.2) is 47.2 Å². The smallest absolute Gasteiger partial charge is 0.181 e. The lowest BCUT2D eigenvalue weighted by Crippen LogP contribution is -2.06. The lowest BCUT2D eigenvalue weighted by atomic mass is 10.2. The first kappa shape index (κ1) is 18.9. The molecule has 0 N–H and O–H groups in total. The van der Waals surface area contributed by atoms with Crippen LogP contribution in [-0.4, -0.2) is 33.3 Å². The van der Waals surface area contributed by atoms with Crippen LogP contribution in [0.1, 0.15) is 16.8 Å². The van der Waals surface area contributed by atoms with E-state index in [9.17, 15) is 12.8 Å². The van der Waals surface area contributed by atoms with E-state index < -0.39 is 9.84 Å². The molecule has 0 bridgehead atoms. The number of aromatic nitrogens is 5. The molecular weight excluding hydrogens is 433 g/mol. The summed E-state index contributed by atoms with van der Waals surface area (Å²) in [6, 6.07) is 9.72. The number of benzene rings is 1. The number of hydrogen-bond donors (Lipinski definition) is 0. The van der Waals surface area contributed by atoms with E-state index in [0.717, 1.165) is 0 Å². The summed E-state index contributed by atoms with van der Waals surface area (Å²) in [5, 5.41) is 8.53. The highest BCUT2D eigenvalue weighted by Crippen LogP contribution is 2.32. The van der Waals surface area contributed by atoms with Crippen LogP contribution in [0, 0.1) is 5.82 Å². The zero-order valence-electron chi connectivity index (χ0n) is 15.3. The molecule has 4 aromatic rings. The van der Waals surface area contributed by atoms with Crippen LogP contribution in [0.4, 0.5) is 4.39 Å². The Morgan fingerprint density at radius 2 is 1.97 bits per heavy atom. The fourth-order valence-electron chi connectivity index (χ4n) is 3.34. The van der Waals surface area contributed by atoms with Gasteiger partial charge in [0, 0.05) is 17.2 Å². The van der Waals surface area contributed by atoms with Gasteiger partial charge in [0.15, 0.2) is 15.7 Å². The van der Waals surface area contributed by atoms with Gasteiger partial charge in [-0.15, -0.1) is 0 Å². The number of sulfone groups is 1. The monoisotopic (exact) mass is 445 g/mol. The second kappa shape index (κ2) is 6.99. The van der Waals surface area contributed by atoms with E-state index >= 15 is 0 Å². The van der Waals surface area contributed by atoms with Crippen molar-refractivity contribution < 1.29 is 17.3 Å². The first-order chi connectivity index (χ1) is 14.4. The van der Waals surface area contributed by atoms with Crippen molar-refractivity contribution in [2.45, 2.75) is 18.1 Å². The molecule has 0 saturated heterocycles. The van der Waals surface area contributed by atoms with Crippen LogP contribution in [0.5, 0.6) is 0 Å². The van der Waals surface area contributed by atoms with Crippen molar-refractivity contribution in [2.75, 3.05) is 0 Å². The summed E-state index contributed by atoms with van der Waals surface area (Å²) < 4.78 is 44.5. The van der Waals surface area contributed by atoms with Crippen LogP contribution in [0.3, 0.4) is 0 Å². The van der Waals surface area contributed by atoms with Crippen LogP contribution >= 0.6 is 11.6 Å². The summed E-state index contributed by atoms with van der Waals surface area (Å²) in [6.45, 7) is 0.141. The Balaban J connectivity index is 1.61. The third kappa shape index (κ3) is 3.37. The molecule has 152 valence electrons. The van der Waals surface area contributed by atoms with E-state index in [1.807, 2.05) is 0 Å². The minimum Gasteiger partial charge on any atom is -0.364 e. The maximum Gasteiger partial charge on any atom is 0.181 e. The Kier molecular flexibility index (Phi) is 4.40. The number of rotatable bonds is 4. The minimum atomic E-state index is -3.29. The number of halogens is 2. The fraction of sp³-hybridized carbons (Fsp3) is 0.158.